The Morgan fingerprint density at radius 2 is 1.53 bits per heavy atom. The fourth-order valence-corrected chi connectivity index (χ4v) is 3.17. The highest BCUT2D eigenvalue weighted by molar-refractivity contribution is 14.1. The van der Waals surface area contributed by atoms with Crippen LogP contribution in [0.3, 0.4) is 0 Å². The summed E-state index contributed by atoms with van der Waals surface area (Å²) in [5, 5.41) is 0. The molecule has 0 bridgehead atoms. The molecule has 0 atom stereocenters. The van der Waals surface area contributed by atoms with E-state index in [-0.39, 0.29) is 11.2 Å². The lowest BCUT2D eigenvalue weighted by Gasteiger charge is -2.21. The summed E-state index contributed by atoms with van der Waals surface area (Å²) in [7, 11) is 0. The molecule has 2 aromatic carbocycles. The van der Waals surface area contributed by atoms with Crippen molar-refractivity contribution in [2.24, 2.45) is 0 Å². The van der Waals surface area contributed by atoms with Crippen LogP contribution >= 0.6 is 22.6 Å². The van der Waals surface area contributed by atoms with Crippen molar-refractivity contribution in [3.63, 3.8) is 0 Å². The first-order chi connectivity index (χ1) is 8.00. The Kier molecular flexibility index (Phi) is 2.34. The van der Waals surface area contributed by atoms with Gasteiger partial charge in [-0.15, -0.1) is 0 Å². The number of halogens is 2. The average molecular weight is 338 g/mol. The van der Waals surface area contributed by atoms with Gasteiger partial charge in [-0.1, -0.05) is 26.0 Å². The van der Waals surface area contributed by atoms with Gasteiger partial charge in [0.25, 0.3) is 0 Å². The van der Waals surface area contributed by atoms with Crippen LogP contribution in [0.1, 0.15) is 25.0 Å². The predicted molar refractivity (Wildman–Crippen MR) is 76.7 cm³/mol. The quantitative estimate of drug-likeness (QED) is 0.609. The summed E-state index contributed by atoms with van der Waals surface area (Å²) >= 11 is 2.32. The summed E-state index contributed by atoms with van der Waals surface area (Å²) in [6.07, 6.45) is 0. The summed E-state index contributed by atoms with van der Waals surface area (Å²) in [4.78, 5) is 0. The number of rotatable bonds is 0. The van der Waals surface area contributed by atoms with Gasteiger partial charge < -0.3 is 0 Å². The summed E-state index contributed by atoms with van der Waals surface area (Å²) in [6.45, 7) is 4.32. The third kappa shape index (κ3) is 1.53. The molecule has 0 aromatic heterocycles. The molecule has 0 amide bonds. The number of hydrogen-bond acceptors (Lipinski definition) is 0. The molecule has 1 aliphatic rings. The van der Waals surface area contributed by atoms with E-state index in [4.69, 9.17) is 0 Å². The highest BCUT2D eigenvalue weighted by atomic mass is 127. The van der Waals surface area contributed by atoms with E-state index in [1.165, 1.54) is 20.3 Å². The van der Waals surface area contributed by atoms with Crippen LogP contribution in [-0.4, -0.2) is 0 Å². The molecule has 2 aromatic rings. The lowest BCUT2D eigenvalue weighted by molar-refractivity contribution is 0.609. The maximum absolute atomic E-state index is 13.4. The van der Waals surface area contributed by atoms with Crippen molar-refractivity contribution in [2.75, 3.05) is 0 Å². The molecule has 0 N–H and O–H groups in total. The molecular formula is C15H12FI. The second-order valence-corrected chi connectivity index (χ2v) is 6.25. The van der Waals surface area contributed by atoms with Crippen LogP contribution in [0.15, 0.2) is 36.4 Å². The monoisotopic (exact) mass is 338 g/mol. The van der Waals surface area contributed by atoms with E-state index < -0.39 is 0 Å². The molecule has 0 radical (unpaired) electrons. The van der Waals surface area contributed by atoms with Crippen molar-refractivity contribution in [2.45, 2.75) is 19.3 Å². The summed E-state index contributed by atoms with van der Waals surface area (Å²) in [5.41, 5.74) is 4.70. The van der Waals surface area contributed by atoms with E-state index in [1.807, 2.05) is 6.07 Å². The molecule has 0 spiro atoms. The molecule has 0 unspecified atom stereocenters. The van der Waals surface area contributed by atoms with Crippen LogP contribution in [0.4, 0.5) is 4.39 Å². The van der Waals surface area contributed by atoms with Crippen LogP contribution in [0.5, 0.6) is 0 Å². The highest BCUT2D eigenvalue weighted by Crippen LogP contribution is 2.48. The van der Waals surface area contributed by atoms with Crippen molar-refractivity contribution in [3.8, 4) is 11.1 Å². The zero-order chi connectivity index (χ0) is 12.2. The molecule has 0 saturated heterocycles. The SMILES string of the molecule is CC1(C)c2cc(F)ccc2-c2ccc(I)cc21. The van der Waals surface area contributed by atoms with Crippen molar-refractivity contribution >= 4 is 22.6 Å². The average Bonchev–Trinajstić information content (AvgIpc) is 2.49. The van der Waals surface area contributed by atoms with Crippen LogP contribution in [0.2, 0.25) is 0 Å². The van der Waals surface area contributed by atoms with Gasteiger partial charge in [-0.05, 0) is 69.1 Å². The lowest BCUT2D eigenvalue weighted by Crippen LogP contribution is -2.15. The molecule has 0 aliphatic heterocycles. The topological polar surface area (TPSA) is 0 Å². The van der Waals surface area contributed by atoms with Crippen LogP contribution in [-0.2, 0) is 5.41 Å². The van der Waals surface area contributed by atoms with E-state index in [1.54, 1.807) is 12.1 Å². The number of benzene rings is 2. The van der Waals surface area contributed by atoms with Crippen molar-refractivity contribution in [3.05, 3.63) is 56.9 Å². The van der Waals surface area contributed by atoms with E-state index in [2.05, 4.69) is 54.6 Å². The van der Waals surface area contributed by atoms with Crippen molar-refractivity contribution in [1.29, 1.82) is 0 Å². The maximum Gasteiger partial charge on any atom is 0.123 e. The van der Waals surface area contributed by atoms with Gasteiger partial charge in [0.2, 0.25) is 0 Å². The fraction of sp³-hybridized carbons (Fsp3) is 0.200. The van der Waals surface area contributed by atoms with Crippen LogP contribution in [0, 0.1) is 9.39 Å². The first-order valence-electron chi connectivity index (χ1n) is 5.60. The Labute approximate surface area is 114 Å². The molecule has 17 heavy (non-hydrogen) atoms. The minimum atomic E-state index is -0.153. The molecule has 3 rings (SSSR count). The number of fused-ring (bicyclic) bond motifs is 3. The third-order valence-corrected chi connectivity index (χ3v) is 4.27. The molecule has 1 aliphatic carbocycles. The van der Waals surface area contributed by atoms with Gasteiger partial charge >= 0.3 is 0 Å². The molecule has 0 fully saturated rings. The highest BCUT2D eigenvalue weighted by Gasteiger charge is 2.35. The van der Waals surface area contributed by atoms with Crippen molar-refractivity contribution < 1.29 is 4.39 Å². The van der Waals surface area contributed by atoms with Crippen molar-refractivity contribution in [1.82, 2.24) is 0 Å². The third-order valence-electron chi connectivity index (χ3n) is 3.60. The van der Waals surface area contributed by atoms with Gasteiger partial charge in [0, 0.05) is 8.99 Å². The summed E-state index contributed by atoms with van der Waals surface area (Å²) in [5.74, 6) is -0.153. The molecule has 0 nitrogen and oxygen atoms in total. The molecule has 86 valence electrons. The zero-order valence-corrected chi connectivity index (χ0v) is 11.9. The molecular weight excluding hydrogens is 326 g/mol. The standard InChI is InChI=1S/C15H12FI/c1-15(2)13-7-9(16)3-5-11(13)12-6-4-10(17)8-14(12)15/h3-8H,1-2H3. The van der Waals surface area contributed by atoms with Crippen LogP contribution in [0.25, 0.3) is 11.1 Å². The van der Waals surface area contributed by atoms with E-state index in [0.29, 0.717) is 0 Å². The Hall–Kier alpha value is -0.900. The fourth-order valence-electron chi connectivity index (χ4n) is 2.68. The minimum Gasteiger partial charge on any atom is -0.207 e. The lowest BCUT2D eigenvalue weighted by atomic mass is 9.82. The molecule has 0 heterocycles. The Bertz CT molecular complexity index is 561. The Morgan fingerprint density at radius 3 is 2.24 bits per heavy atom. The van der Waals surface area contributed by atoms with Gasteiger partial charge in [0.1, 0.15) is 5.82 Å². The van der Waals surface area contributed by atoms with Gasteiger partial charge in [-0.25, -0.2) is 4.39 Å². The van der Waals surface area contributed by atoms with Gasteiger partial charge in [-0.2, -0.15) is 0 Å². The van der Waals surface area contributed by atoms with E-state index in [0.717, 1.165) is 5.56 Å². The van der Waals surface area contributed by atoms with Crippen LogP contribution < -0.4 is 0 Å². The summed E-state index contributed by atoms with van der Waals surface area (Å²) < 4.78 is 14.6. The zero-order valence-electron chi connectivity index (χ0n) is 9.72. The molecule has 2 heteroatoms. The second kappa shape index (κ2) is 3.55. The van der Waals surface area contributed by atoms with Gasteiger partial charge in [0.05, 0.1) is 0 Å². The smallest absolute Gasteiger partial charge is 0.123 e. The largest absolute Gasteiger partial charge is 0.207 e. The normalized spacial score (nSPS) is 15.5. The Balaban J connectivity index is 2.37. The van der Waals surface area contributed by atoms with E-state index in [9.17, 15) is 4.39 Å². The Morgan fingerprint density at radius 1 is 0.941 bits per heavy atom. The first kappa shape index (κ1) is 11.2. The van der Waals surface area contributed by atoms with Gasteiger partial charge in [0.15, 0.2) is 0 Å². The maximum atomic E-state index is 13.4. The predicted octanol–water partition coefficient (Wildman–Crippen LogP) is 4.74. The summed E-state index contributed by atoms with van der Waals surface area (Å²) in [6, 6.07) is 11.6. The first-order valence-corrected chi connectivity index (χ1v) is 6.68. The van der Waals surface area contributed by atoms with E-state index >= 15 is 0 Å². The minimum absolute atomic E-state index is 0.103. The second-order valence-electron chi connectivity index (χ2n) is 5.00. The molecule has 0 saturated carbocycles. The number of hydrogen-bond donors (Lipinski definition) is 0. The van der Waals surface area contributed by atoms with Gasteiger partial charge in [-0.3, -0.25) is 0 Å².